The Morgan fingerprint density at radius 2 is 1.84 bits per heavy atom. The van der Waals surface area contributed by atoms with E-state index in [1.54, 1.807) is 31.2 Å². The number of carbonyl (C=O) groups is 2. The van der Waals surface area contributed by atoms with E-state index < -0.39 is 5.78 Å². The van der Waals surface area contributed by atoms with Gasteiger partial charge in [-0.1, -0.05) is 30.3 Å². The molecule has 1 heterocycles. The third-order valence-corrected chi connectivity index (χ3v) is 4.38. The molecule has 0 spiro atoms. The van der Waals surface area contributed by atoms with Gasteiger partial charge in [0, 0.05) is 19.9 Å². The fourth-order valence-corrected chi connectivity index (χ4v) is 3.07. The third kappa shape index (κ3) is 2.91. The lowest BCUT2D eigenvalue weighted by atomic mass is 9.90. The van der Waals surface area contributed by atoms with E-state index in [1.807, 2.05) is 6.07 Å². The minimum absolute atomic E-state index is 0.0118. The number of aliphatic hydroxyl groups is 1. The molecule has 3 rings (SSSR count). The Bertz CT molecular complexity index is 955. The van der Waals surface area contributed by atoms with Crippen molar-refractivity contribution in [1.29, 1.82) is 0 Å². The molecule has 0 bridgehead atoms. The molecular weight excluding hydrogens is 320 g/mol. The molecule has 128 valence electrons. The fourth-order valence-electron chi connectivity index (χ4n) is 3.07. The zero-order valence-electron chi connectivity index (χ0n) is 14.1. The molecule has 0 radical (unpaired) electrons. The highest BCUT2D eigenvalue weighted by atomic mass is 16.3. The summed E-state index contributed by atoms with van der Waals surface area (Å²) in [4.78, 5) is 37.5. The SMILES string of the molecule is Cc1c(C(=O)C2=C(O)CCCC2=O)nn(C)c(=O)c1-c1ccccc1. The topological polar surface area (TPSA) is 89.3 Å². The largest absolute Gasteiger partial charge is 0.511 e. The molecule has 1 aromatic carbocycles. The van der Waals surface area contributed by atoms with Crippen molar-refractivity contribution in [3.63, 3.8) is 0 Å². The van der Waals surface area contributed by atoms with Gasteiger partial charge in [0.05, 0.1) is 5.56 Å². The van der Waals surface area contributed by atoms with Crippen molar-refractivity contribution in [2.75, 3.05) is 0 Å². The Morgan fingerprint density at radius 1 is 1.16 bits per heavy atom. The Morgan fingerprint density at radius 3 is 2.48 bits per heavy atom. The lowest BCUT2D eigenvalue weighted by Crippen LogP contribution is -2.28. The average molecular weight is 338 g/mol. The van der Waals surface area contributed by atoms with Gasteiger partial charge in [0.1, 0.15) is 17.0 Å². The summed E-state index contributed by atoms with van der Waals surface area (Å²) in [6.45, 7) is 1.63. The van der Waals surface area contributed by atoms with Crippen molar-refractivity contribution in [1.82, 2.24) is 9.78 Å². The van der Waals surface area contributed by atoms with E-state index in [-0.39, 0.29) is 34.8 Å². The molecule has 1 N–H and O–H groups in total. The first-order valence-electron chi connectivity index (χ1n) is 8.05. The number of benzene rings is 1. The fraction of sp³-hybridized carbons (Fsp3) is 0.263. The zero-order valence-corrected chi connectivity index (χ0v) is 14.1. The van der Waals surface area contributed by atoms with Gasteiger partial charge in [-0.25, -0.2) is 4.68 Å². The Balaban J connectivity index is 2.22. The van der Waals surface area contributed by atoms with Gasteiger partial charge < -0.3 is 5.11 Å². The van der Waals surface area contributed by atoms with E-state index >= 15 is 0 Å². The highest BCUT2D eigenvalue weighted by molar-refractivity contribution is 6.26. The number of hydrogen-bond acceptors (Lipinski definition) is 5. The Kier molecular flexibility index (Phi) is 4.35. The molecule has 0 unspecified atom stereocenters. The average Bonchev–Trinajstić information content (AvgIpc) is 2.59. The summed E-state index contributed by atoms with van der Waals surface area (Å²) in [5.41, 5.74) is 0.915. The lowest BCUT2D eigenvalue weighted by molar-refractivity contribution is -0.116. The molecule has 2 aromatic rings. The summed E-state index contributed by atoms with van der Waals surface area (Å²) >= 11 is 0. The number of carbonyl (C=O) groups excluding carboxylic acids is 2. The molecule has 6 nitrogen and oxygen atoms in total. The van der Waals surface area contributed by atoms with Crippen LogP contribution in [0.4, 0.5) is 0 Å². The van der Waals surface area contributed by atoms with Crippen molar-refractivity contribution in [2.45, 2.75) is 26.2 Å². The summed E-state index contributed by atoms with van der Waals surface area (Å²) in [6.07, 6.45) is 1.04. The van der Waals surface area contributed by atoms with Crippen LogP contribution >= 0.6 is 0 Å². The molecule has 1 aliphatic rings. The lowest BCUT2D eigenvalue weighted by Gasteiger charge is -2.16. The minimum Gasteiger partial charge on any atom is -0.511 e. The summed E-state index contributed by atoms with van der Waals surface area (Å²) in [5, 5.41) is 14.1. The quantitative estimate of drug-likeness (QED) is 0.686. The molecule has 1 aliphatic carbocycles. The minimum atomic E-state index is -0.632. The van der Waals surface area contributed by atoms with E-state index in [1.165, 1.54) is 7.05 Å². The van der Waals surface area contributed by atoms with E-state index in [4.69, 9.17) is 0 Å². The van der Waals surface area contributed by atoms with Gasteiger partial charge in [-0.05, 0) is 24.5 Å². The number of allylic oxidation sites excluding steroid dienone is 2. The molecule has 1 aromatic heterocycles. The predicted molar refractivity (Wildman–Crippen MR) is 92.5 cm³/mol. The van der Waals surface area contributed by atoms with Crippen LogP contribution in [0, 0.1) is 6.92 Å². The number of nitrogens with zero attached hydrogens (tertiary/aromatic N) is 2. The highest BCUT2D eigenvalue weighted by Crippen LogP contribution is 2.26. The molecule has 6 heteroatoms. The Hall–Kier alpha value is -3.02. The standard InChI is InChI=1S/C19H18N2O4/c1-11-15(12-7-4-3-5-8-12)19(25)21(2)20-17(11)18(24)16-13(22)9-6-10-14(16)23/h3-5,7-8,22H,6,9-10H2,1-2H3. The maximum absolute atomic E-state index is 12.9. The van der Waals surface area contributed by atoms with Crippen LogP contribution in [-0.4, -0.2) is 26.5 Å². The van der Waals surface area contributed by atoms with Gasteiger partial charge >= 0.3 is 0 Å². The molecule has 0 aliphatic heterocycles. The van der Waals surface area contributed by atoms with Crippen molar-refractivity contribution in [3.05, 3.63) is 63.3 Å². The Labute approximate surface area is 144 Å². The molecule has 0 atom stereocenters. The molecule has 0 saturated heterocycles. The van der Waals surface area contributed by atoms with Crippen LogP contribution in [0.1, 0.15) is 35.3 Å². The van der Waals surface area contributed by atoms with Crippen molar-refractivity contribution in [2.24, 2.45) is 7.05 Å². The monoisotopic (exact) mass is 338 g/mol. The zero-order chi connectivity index (χ0) is 18.1. The number of hydrogen-bond donors (Lipinski definition) is 1. The number of rotatable bonds is 3. The number of aliphatic hydroxyl groups excluding tert-OH is 1. The second-order valence-electron chi connectivity index (χ2n) is 6.07. The van der Waals surface area contributed by atoms with Gasteiger partial charge in [-0.3, -0.25) is 14.4 Å². The second kappa shape index (κ2) is 6.47. The van der Waals surface area contributed by atoms with Crippen molar-refractivity contribution >= 4 is 11.6 Å². The van der Waals surface area contributed by atoms with Crippen LogP contribution in [0.2, 0.25) is 0 Å². The highest BCUT2D eigenvalue weighted by Gasteiger charge is 2.30. The van der Waals surface area contributed by atoms with Gasteiger partial charge in [0.15, 0.2) is 5.78 Å². The van der Waals surface area contributed by atoms with Crippen LogP contribution in [0.25, 0.3) is 11.1 Å². The maximum Gasteiger partial charge on any atom is 0.274 e. The van der Waals surface area contributed by atoms with E-state index in [9.17, 15) is 19.5 Å². The third-order valence-electron chi connectivity index (χ3n) is 4.38. The van der Waals surface area contributed by atoms with E-state index in [0.717, 1.165) is 4.68 Å². The summed E-state index contributed by atoms with van der Waals surface area (Å²) < 4.78 is 1.09. The van der Waals surface area contributed by atoms with Crippen LogP contribution in [0.5, 0.6) is 0 Å². The number of Topliss-reactive ketones (excluding diaryl/α,β-unsaturated/α-hetero) is 2. The molecule has 0 fully saturated rings. The molecular formula is C19H18N2O4. The van der Waals surface area contributed by atoms with Gasteiger partial charge in [-0.15, -0.1) is 0 Å². The van der Waals surface area contributed by atoms with Crippen LogP contribution in [0.15, 0.2) is 46.5 Å². The predicted octanol–water partition coefficient (Wildman–Crippen LogP) is 2.50. The number of aryl methyl sites for hydroxylation is 1. The van der Waals surface area contributed by atoms with Gasteiger partial charge in [0.25, 0.3) is 5.56 Å². The number of aromatic nitrogens is 2. The molecule has 0 saturated carbocycles. The van der Waals surface area contributed by atoms with E-state index in [0.29, 0.717) is 29.5 Å². The van der Waals surface area contributed by atoms with Crippen molar-refractivity contribution in [3.8, 4) is 11.1 Å². The summed E-state index contributed by atoms with van der Waals surface area (Å²) in [7, 11) is 1.46. The normalized spacial score (nSPS) is 14.7. The smallest absolute Gasteiger partial charge is 0.274 e. The first-order chi connectivity index (χ1) is 11.9. The van der Waals surface area contributed by atoms with Gasteiger partial charge in [0.2, 0.25) is 5.78 Å². The van der Waals surface area contributed by atoms with Crippen molar-refractivity contribution < 1.29 is 14.7 Å². The first kappa shape index (κ1) is 16.8. The summed E-state index contributed by atoms with van der Waals surface area (Å²) in [6, 6.07) is 8.99. The van der Waals surface area contributed by atoms with Crippen LogP contribution in [0.3, 0.4) is 0 Å². The maximum atomic E-state index is 12.9. The number of ketones is 2. The molecule has 0 amide bonds. The van der Waals surface area contributed by atoms with Gasteiger partial charge in [-0.2, -0.15) is 5.10 Å². The second-order valence-corrected chi connectivity index (χ2v) is 6.07. The molecule has 25 heavy (non-hydrogen) atoms. The summed E-state index contributed by atoms with van der Waals surface area (Å²) in [5.74, 6) is -1.21. The van der Waals surface area contributed by atoms with E-state index in [2.05, 4.69) is 5.10 Å². The first-order valence-corrected chi connectivity index (χ1v) is 8.05. The van der Waals surface area contributed by atoms with Crippen LogP contribution < -0.4 is 5.56 Å². The van der Waals surface area contributed by atoms with Crippen LogP contribution in [-0.2, 0) is 11.8 Å².